The molecular weight excluding hydrogens is 420 g/mol. The van der Waals surface area contributed by atoms with Gasteiger partial charge in [-0.1, -0.05) is 0 Å². The minimum absolute atomic E-state index is 0.226. The van der Waals surface area contributed by atoms with Crippen molar-refractivity contribution in [1.82, 2.24) is 16.0 Å². The molecule has 0 spiro atoms. The van der Waals surface area contributed by atoms with Crippen LogP contribution in [0.15, 0.2) is 0 Å². The van der Waals surface area contributed by atoms with Gasteiger partial charge in [-0.05, 0) is 38.7 Å². The molecular formula is C17H30N4O8S. The Morgan fingerprint density at radius 2 is 1.40 bits per heavy atom. The zero-order valence-corrected chi connectivity index (χ0v) is 17.9. The molecule has 0 aliphatic heterocycles. The van der Waals surface area contributed by atoms with Crippen molar-refractivity contribution in [2.24, 2.45) is 5.73 Å². The molecule has 172 valence electrons. The van der Waals surface area contributed by atoms with E-state index in [-0.39, 0.29) is 12.8 Å². The van der Waals surface area contributed by atoms with E-state index in [0.29, 0.717) is 5.75 Å². The van der Waals surface area contributed by atoms with Gasteiger partial charge < -0.3 is 37.0 Å². The molecule has 0 aromatic rings. The molecule has 12 nitrogen and oxygen atoms in total. The number of hydrogen-bond donors (Lipinski definition) is 7. The molecule has 5 unspecified atom stereocenters. The van der Waals surface area contributed by atoms with Crippen LogP contribution in [0.5, 0.6) is 0 Å². The fourth-order valence-electron chi connectivity index (χ4n) is 2.26. The lowest BCUT2D eigenvalue weighted by Crippen LogP contribution is -2.58. The molecule has 0 saturated carbocycles. The molecule has 3 amide bonds. The summed E-state index contributed by atoms with van der Waals surface area (Å²) < 4.78 is 0. The van der Waals surface area contributed by atoms with Crippen LogP contribution in [-0.2, 0) is 24.0 Å². The summed E-state index contributed by atoms with van der Waals surface area (Å²) in [7, 11) is 0. The highest BCUT2D eigenvalue weighted by molar-refractivity contribution is 7.98. The number of aliphatic carboxylic acids is 2. The Hall–Kier alpha value is -2.38. The van der Waals surface area contributed by atoms with Crippen molar-refractivity contribution in [1.29, 1.82) is 0 Å². The second kappa shape index (κ2) is 13.8. The van der Waals surface area contributed by atoms with Gasteiger partial charge in [-0.25, -0.2) is 4.79 Å². The fourth-order valence-corrected chi connectivity index (χ4v) is 2.73. The molecule has 30 heavy (non-hydrogen) atoms. The number of carbonyl (C=O) groups excluding carboxylic acids is 3. The molecule has 8 N–H and O–H groups in total. The Balaban J connectivity index is 5.43. The number of carboxylic acid groups (broad SMARTS) is 2. The second-order valence-electron chi connectivity index (χ2n) is 6.69. The number of aliphatic hydroxyl groups excluding tert-OH is 1. The normalized spacial score (nSPS) is 15.8. The van der Waals surface area contributed by atoms with Gasteiger partial charge in [-0.15, -0.1) is 0 Å². The minimum atomic E-state index is -1.65. The van der Waals surface area contributed by atoms with Gasteiger partial charge in [0.1, 0.15) is 12.1 Å². The van der Waals surface area contributed by atoms with Gasteiger partial charge in [0.15, 0.2) is 6.04 Å². The first kappa shape index (κ1) is 27.6. The third-order valence-electron chi connectivity index (χ3n) is 3.98. The smallest absolute Gasteiger partial charge is 0.328 e. The summed E-state index contributed by atoms with van der Waals surface area (Å²) >= 11 is 1.42. The molecule has 0 aliphatic rings. The van der Waals surface area contributed by atoms with E-state index in [1.807, 2.05) is 0 Å². The van der Waals surface area contributed by atoms with Crippen molar-refractivity contribution in [3.05, 3.63) is 0 Å². The van der Waals surface area contributed by atoms with Crippen LogP contribution < -0.4 is 21.7 Å². The summed E-state index contributed by atoms with van der Waals surface area (Å²) in [5.41, 5.74) is 5.50. The number of rotatable bonds is 14. The van der Waals surface area contributed by atoms with E-state index in [9.17, 15) is 29.1 Å². The monoisotopic (exact) mass is 450 g/mol. The molecule has 5 atom stereocenters. The molecule has 0 radical (unpaired) electrons. The standard InChI is InChI=1S/C17H30N4O8S/c1-8(18)14(25)19-11(6-7-30-3)15(26)20-10(4-5-12(23)24)16(27)21-13(9(2)22)17(28)29/h8-11,13,22H,4-7,18H2,1-3H3,(H,19,25)(H,20,26)(H,21,27)(H,23,24)(H,28,29). The van der Waals surface area contributed by atoms with Gasteiger partial charge in [0.05, 0.1) is 12.1 Å². The number of nitrogens with two attached hydrogens (primary N) is 1. The van der Waals surface area contributed by atoms with Crippen molar-refractivity contribution < 1.29 is 39.3 Å². The van der Waals surface area contributed by atoms with Crippen molar-refractivity contribution >= 4 is 41.4 Å². The molecule has 13 heteroatoms. The number of aliphatic hydroxyl groups is 1. The Morgan fingerprint density at radius 1 is 0.900 bits per heavy atom. The van der Waals surface area contributed by atoms with Crippen molar-refractivity contribution in [2.45, 2.75) is 63.4 Å². The lowest BCUT2D eigenvalue weighted by atomic mass is 10.1. The Labute approximate surface area is 178 Å². The van der Waals surface area contributed by atoms with Gasteiger partial charge in [0.25, 0.3) is 0 Å². The van der Waals surface area contributed by atoms with E-state index < -0.39 is 66.4 Å². The number of nitrogens with one attached hydrogen (secondary N) is 3. The van der Waals surface area contributed by atoms with Gasteiger partial charge in [0, 0.05) is 6.42 Å². The third-order valence-corrected chi connectivity index (χ3v) is 4.63. The zero-order valence-electron chi connectivity index (χ0n) is 17.1. The molecule has 0 heterocycles. The maximum Gasteiger partial charge on any atom is 0.328 e. The predicted octanol–water partition coefficient (Wildman–Crippen LogP) is -2.13. The number of amides is 3. The summed E-state index contributed by atoms with van der Waals surface area (Å²) in [4.78, 5) is 59.1. The van der Waals surface area contributed by atoms with Crippen LogP contribution >= 0.6 is 11.8 Å². The number of thioether (sulfide) groups is 1. The van der Waals surface area contributed by atoms with Crippen LogP contribution in [0.2, 0.25) is 0 Å². The first-order valence-electron chi connectivity index (χ1n) is 9.19. The Kier molecular flexibility index (Phi) is 12.7. The lowest BCUT2D eigenvalue weighted by Gasteiger charge is -2.25. The maximum absolute atomic E-state index is 12.7. The summed E-state index contributed by atoms with van der Waals surface area (Å²) in [5.74, 6) is -4.51. The van der Waals surface area contributed by atoms with E-state index in [1.54, 1.807) is 6.26 Å². The van der Waals surface area contributed by atoms with Crippen LogP contribution in [0.25, 0.3) is 0 Å². The van der Waals surface area contributed by atoms with E-state index in [2.05, 4.69) is 16.0 Å². The molecule has 0 aromatic heterocycles. The van der Waals surface area contributed by atoms with Crippen LogP contribution in [0.1, 0.15) is 33.1 Å². The maximum atomic E-state index is 12.7. The zero-order chi connectivity index (χ0) is 23.4. The van der Waals surface area contributed by atoms with Crippen molar-refractivity contribution in [3.8, 4) is 0 Å². The highest BCUT2D eigenvalue weighted by atomic mass is 32.2. The first-order valence-corrected chi connectivity index (χ1v) is 10.6. The van der Waals surface area contributed by atoms with Crippen LogP contribution in [-0.4, -0.2) is 87.3 Å². The van der Waals surface area contributed by atoms with Gasteiger partial charge in [-0.3, -0.25) is 19.2 Å². The molecule has 0 aromatic carbocycles. The van der Waals surface area contributed by atoms with Crippen LogP contribution in [0.4, 0.5) is 0 Å². The topological polar surface area (TPSA) is 208 Å². The molecule has 0 rings (SSSR count). The third kappa shape index (κ3) is 10.4. The summed E-state index contributed by atoms with van der Waals surface area (Å²) in [6.45, 7) is 2.59. The predicted molar refractivity (Wildman–Crippen MR) is 109 cm³/mol. The van der Waals surface area contributed by atoms with E-state index in [4.69, 9.17) is 15.9 Å². The van der Waals surface area contributed by atoms with E-state index in [0.717, 1.165) is 6.92 Å². The largest absolute Gasteiger partial charge is 0.481 e. The molecule has 0 saturated heterocycles. The quantitative estimate of drug-likeness (QED) is 0.153. The number of hydrogen-bond acceptors (Lipinski definition) is 8. The fraction of sp³-hybridized carbons (Fsp3) is 0.706. The van der Waals surface area contributed by atoms with Crippen molar-refractivity contribution in [3.63, 3.8) is 0 Å². The second-order valence-corrected chi connectivity index (χ2v) is 7.68. The highest BCUT2D eigenvalue weighted by Gasteiger charge is 2.31. The Bertz CT molecular complexity index is 629. The van der Waals surface area contributed by atoms with Gasteiger partial charge >= 0.3 is 11.9 Å². The first-order chi connectivity index (χ1) is 13.9. The summed E-state index contributed by atoms with van der Waals surface area (Å²) in [6.07, 6.45) is -0.207. The number of carboxylic acids is 2. The van der Waals surface area contributed by atoms with E-state index in [1.165, 1.54) is 18.7 Å². The number of carbonyl (C=O) groups is 5. The highest BCUT2D eigenvalue weighted by Crippen LogP contribution is 2.05. The Morgan fingerprint density at radius 3 is 1.83 bits per heavy atom. The SMILES string of the molecule is CSCCC(NC(=O)C(C)N)C(=O)NC(CCC(=O)O)C(=O)NC(C(=O)O)C(C)O. The lowest BCUT2D eigenvalue weighted by molar-refractivity contribution is -0.145. The summed E-state index contributed by atoms with van der Waals surface area (Å²) in [6, 6.07) is -4.93. The average Bonchev–Trinajstić information content (AvgIpc) is 2.64. The molecule has 0 aliphatic carbocycles. The summed E-state index contributed by atoms with van der Waals surface area (Å²) in [5, 5.41) is 34.4. The average molecular weight is 451 g/mol. The minimum Gasteiger partial charge on any atom is -0.481 e. The van der Waals surface area contributed by atoms with Crippen molar-refractivity contribution in [2.75, 3.05) is 12.0 Å². The van der Waals surface area contributed by atoms with Gasteiger partial charge in [-0.2, -0.15) is 11.8 Å². The van der Waals surface area contributed by atoms with E-state index >= 15 is 0 Å². The molecule has 0 fully saturated rings. The van der Waals surface area contributed by atoms with Crippen LogP contribution in [0, 0.1) is 0 Å². The van der Waals surface area contributed by atoms with Gasteiger partial charge in [0.2, 0.25) is 17.7 Å². The van der Waals surface area contributed by atoms with Crippen LogP contribution in [0.3, 0.4) is 0 Å². The molecule has 0 bridgehead atoms.